The molecular formula is C13H30N2O. The Morgan fingerprint density at radius 2 is 1.69 bits per heavy atom. The Morgan fingerprint density at radius 3 is 2.06 bits per heavy atom. The lowest BCUT2D eigenvalue weighted by atomic mass is 10.1. The standard InChI is InChI=1S/C13H30N2O/c1-7-11(8-2)15(6)10-12(16)9-14-13(3,4)5/h11-12,14,16H,7-10H2,1-6H3. The van der Waals surface area contributed by atoms with Gasteiger partial charge >= 0.3 is 0 Å². The average Bonchev–Trinajstić information content (AvgIpc) is 2.15. The van der Waals surface area contributed by atoms with E-state index in [9.17, 15) is 5.11 Å². The van der Waals surface area contributed by atoms with Crippen molar-refractivity contribution in [2.24, 2.45) is 0 Å². The summed E-state index contributed by atoms with van der Waals surface area (Å²) in [4.78, 5) is 2.26. The van der Waals surface area contributed by atoms with Crippen LogP contribution in [0.2, 0.25) is 0 Å². The van der Waals surface area contributed by atoms with Crippen LogP contribution in [0, 0.1) is 0 Å². The van der Waals surface area contributed by atoms with Crippen molar-refractivity contribution in [1.29, 1.82) is 0 Å². The van der Waals surface area contributed by atoms with Gasteiger partial charge in [-0.05, 0) is 40.7 Å². The van der Waals surface area contributed by atoms with E-state index in [0.29, 0.717) is 12.6 Å². The number of hydrogen-bond donors (Lipinski definition) is 2. The first-order valence-electron chi connectivity index (χ1n) is 6.43. The lowest BCUT2D eigenvalue weighted by molar-refractivity contribution is 0.0949. The summed E-state index contributed by atoms with van der Waals surface area (Å²) in [6.45, 7) is 12.2. The molecule has 0 amide bonds. The number of likely N-dealkylation sites (N-methyl/N-ethyl adjacent to an activating group) is 1. The van der Waals surface area contributed by atoms with Crippen molar-refractivity contribution in [2.75, 3.05) is 20.1 Å². The molecule has 98 valence electrons. The van der Waals surface area contributed by atoms with Gasteiger partial charge in [-0.2, -0.15) is 0 Å². The molecule has 0 aliphatic carbocycles. The summed E-state index contributed by atoms with van der Waals surface area (Å²) in [5.41, 5.74) is 0.0778. The first-order chi connectivity index (χ1) is 7.30. The second-order valence-electron chi connectivity index (χ2n) is 5.69. The van der Waals surface area contributed by atoms with Crippen molar-refractivity contribution in [1.82, 2.24) is 10.2 Å². The molecule has 0 bridgehead atoms. The van der Waals surface area contributed by atoms with E-state index in [0.717, 1.165) is 19.4 Å². The molecular weight excluding hydrogens is 200 g/mol. The topological polar surface area (TPSA) is 35.5 Å². The third-order valence-corrected chi connectivity index (χ3v) is 2.93. The largest absolute Gasteiger partial charge is 0.390 e. The van der Waals surface area contributed by atoms with E-state index in [4.69, 9.17) is 0 Å². The molecule has 0 saturated heterocycles. The van der Waals surface area contributed by atoms with E-state index in [1.807, 2.05) is 0 Å². The highest BCUT2D eigenvalue weighted by atomic mass is 16.3. The van der Waals surface area contributed by atoms with E-state index in [1.54, 1.807) is 0 Å². The second kappa shape index (κ2) is 7.25. The highest BCUT2D eigenvalue weighted by Gasteiger charge is 2.16. The third kappa shape index (κ3) is 7.20. The van der Waals surface area contributed by atoms with Crippen LogP contribution in [0.4, 0.5) is 0 Å². The maximum atomic E-state index is 9.92. The molecule has 0 fully saturated rings. The summed E-state index contributed by atoms with van der Waals surface area (Å²) in [7, 11) is 2.10. The number of aliphatic hydroxyl groups excluding tert-OH is 1. The zero-order valence-corrected chi connectivity index (χ0v) is 11.9. The van der Waals surface area contributed by atoms with Gasteiger partial charge in [0.1, 0.15) is 0 Å². The maximum Gasteiger partial charge on any atom is 0.0791 e. The van der Waals surface area contributed by atoms with Crippen LogP contribution in [0.5, 0.6) is 0 Å². The van der Waals surface area contributed by atoms with Crippen molar-refractivity contribution < 1.29 is 5.11 Å². The monoisotopic (exact) mass is 230 g/mol. The normalized spacial score (nSPS) is 14.8. The van der Waals surface area contributed by atoms with Gasteiger partial charge in [-0.25, -0.2) is 0 Å². The zero-order valence-electron chi connectivity index (χ0n) is 11.9. The predicted octanol–water partition coefficient (Wildman–Crippen LogP) is 1.86. The predicted molar refractivity (Wildman–Crippen MR) is 70.8 cm³/mol. The Bertz CT molecular complexity index is 173. The lowest BCUT2D eigenvalue weighted by Crippen LogP contribution is -2.45. The van der Waals surface area contributed by atoms with Crippen molar-refractivity contribution in [3.8, 4) is 0 Å². The van der Waals surface area contributed by atoms with Crippen LogP contribution in [-0.4, -0.2) is 47.8 Å². The third-order valence-electron chi connectivity index (χ3n) is 2.93. The fourth-order valence-electron chi connectivity index (χ4n) is 1.88. The van der Waals surface area contributed by atoms with E-state index in [2.05, 4.69) is 51.9 Å². The Kier molecular flexibility index (Phi) is 7.20. The Morgan fingerprint density at radius 1 is 1.19 bits per heavy atom. The summed E-state index contributed by atoms with van der Waals surface area (Å²) in [5, 5.41) is 13.2. The number of aliphatic hydroxyl groups is 1. The first-order valence-corrected chi connectivity index (χ1v) is 6.43. The molecule has 3 heteroatoms. The molecule has 0 aliphatic rings. The Hall–Kier alpha value is -0.120. The molecule has 0 heterocycles. The molecule has 16 heavy (non-hydrogen) atoms. The van der Waals surface area contributed by atoms with Crippen LogP contribution in [-0.2, 0) is 0 Å². The second-order valence-corrected chi connectivity index (χ2v) is 5.69. The van der Waals surface area contributed by atoms with Crippen LogP contribution in [0.1, 0.15) is 47.5 Å². The van der Waals surface area contributed by atoms with Gasteiger partial charge < -0.3 is 15.3 Å². The molecule has 0 aromatic carbocycles. The fourth-order valence-corrected chi connectivity index (χ4v) is 1.88. The number of nitrogens with zero attached hydrogens (tertiary/aromatic N) is 1. The average molecular weight is 230 g/mol. The number of nitrogens with one attached hydrogen (secondary N) is 1. The highest BCUT2D eigenvalue weighted by Crippen LogP contribution is 2.07. The van der Waals surface area contributed by atoms with Gasteiger partial charge in [-0.15, -0.1) is 0 Å². The van der Waals surface area contributed by atoms with Crippen molar-refractivity contribution in [2.45, 2.75) is 65.1 Å². The summed E-state index contributed by atoms with van der Waals surface area (Å²) in [6, 6.07) is 0.587. The molecule has 0 aromatic heterocycles. The minimum Gasteiger partial charge on any atom is -0.390 e. The summed E-state index contributed by atoms with van der Waals surface area (Å²) < 4.78 is 0. The fraction of sp³-hybridized carbons (Fsp3) is 1.00. The van der Waals surface area contributed by atoms with Gasteiger partial charge in [0, 0.05) is 24.7 Å². The van der Waals surface area contributed by atoms with Gasteiger partial charge in [-0.1, -0.05) is 13.8 Å². The molecule has 1 unspecified atom stereocenters. The van der Waals surface area contributed by atoms with Gasteiger partial charge in [0.15, 0.2) is 0 Å². The SMILES string of the molecule is CCC(CC)N(C)CC(O)CNC(C)(C)C. The van der Waals surface area contributed by atoms with Crippen molar-refractivity contribution in [3.63, 3.8) is 0 Å². The van der Waals surface area contributed by atoms with E-state index in [1.165, 1.54) is 0 Å². The number of hydrogen-bond acceptors (Lipinski definition) is 3. The van der Waals surface area contributed by atoms with Crippen molar-refractivity contribution in [3.05, 3.63) is 0 Å². The minimum absolute atomic E-state index is 0.0778. The molecule has 0 aliphatic heterocycles. The molecule has 1 atom stereocenters. The number of β-amino-alcohol motifs (C(OH)–C–C–N with tert-alkyl or cyclic N) is 1. The van der Waals surface area contributed by atoms with E-state index < -0.39 is 0 Å². The zero-order chi connectivity index (χ0) is 12.8. The highest BCUT2D eigenvalue weighted by molar-refractivity contribution is 4.75. The maximum absolute atomic E-state index is 9.92. The molecule has 0 rings (SSSR count). The van der Waals surface area contributed by atoms with Crippen LogP contribution < -0.4 is 5.32 Å². The van der Waals surface area contributed by atoms with Crippen LogP contribution >= 0.6 is 0 Å². The molecule has 3 nitrogen and oxygen atoms in total. The Labute approximate surface area is 101 Å². The molecule has 0 radical (unpaired) electrons. The smallest absolute Gasteiger partial charge is 0.0791 e. The van der Waals surface area contributed by atoms with E-state index >= 15 is 0 Å². The quantitative estimate of drug-likeness (QED) is 0.701. The first kappa shape index (κ1) is 15.9. The summed E-state index contributed by atoms with van der Waals surface area (Å²) in [5.74, 6) is 0. The van der Waals surface area contributed by atoms with Gasteiger partial charge in [-0.3, -0.25) is 0 Å². The lowest BCUT2D eigenvalue weighted by Gasteiger charge is -2.29. The van der Waals surface area contributed by atoms with E-state index in [-0.39, 0.29) is 11.6 Å². The summed E-state index contributed by atoms with van der Waals surface area (Å²) in [6.07, 6.45) is 2.00. The van der Waals surface area contributed by atoms with Gasteiger partial charge in [0.25, 0.3) is 0 Å². The van der Waals surface area contributed by atoms with Gasteiger partial charge in [0.05, 0.1) is 6.10 Å². The number of rotatable bonds is 7. The molecule has 0 aromatic rings. The minimum atomic E-state index is -0.287. The van der Waals surface area contributed by atoms with Crippen LogP contribution in [0.3, 0.4) is 0 Å². The van der Waals surface area contributed by atoms with Crippen molar-refractivity contribution >= 4 is 0 Å². The molecule has 0 spiro atoms. The van der Waals surface area contributed by atoms with Gasteiger partial charge in [0.2, 0.25) is 0 Å². The molecule has 2 N–H and O–H groups in total. The van der Waals surface area contributed by atoms with Crippen LogP contribution in [0.25, 0.3) is 0 Å². The van der Waals surface area contributed by atoms with Crippen LogP contribution in [0.15, 0.2) is 0 Å². The summed E-state index contributed by atoms with van der Waals surface area (Å²) >= 11 is 0. The molecule has 0 saturated carbocycles. The Balaban J connectivity index is 3.90.